The molecule has 26 heavy (non-hydrogen) atoms. The van der Waals surface area contributed by atoms with Gasteiger partial charge in [-0.1, -0.05) is 44.4 Å². The number of benzene rings is 1. The summed E-state index contributed by atoms with van der Waals surface area (Å²) >= 11 is 5.57. The quantitative estimate of drug-likeness (QED) is 0.708. The molecule has 144 valence electrons. The summed E-state index contributed by atoms with van der Waals surface area (Å²) in [5.41, 5.74) is 0.631. The normalized spacial score (nSPS) is 16.0. The molecule has 1 aliphatic carbocycles. The molecule has 1 aliphatic rings. The van der Waals surface area contributed by atoms with Crippen LogP contribution in [0.15, 0.2) is 24.3 Å². The van der Waals surface area contributed by atoms with Crippen LogP contribution in [-0.2, 0) is 11.3 Å². The SMILES string of the molecule is CC[C@@H](C)NC(=O)CNC(=S)N(Cc1ccccc1F)C1CCCCC1. The van der Waals surface area contributed by atoms with Crippen LogP contribution in [0.2, 0.25) is 0 Å². The second-order valence-corrected chi connectivity index (χ2v) is 7.43. The van der Waals surface area contributed by atoms with Crippen LogP contribution in [0.1, 0.15) is 57.9 Å². The van der Waals surface area contributed by atoms with Crippen molar-refractivity contribution in [2.24, 2.45) is 0 Å². The van der Waals surface area contributed by atoms with Crippen molar-refractivity contribution in [1.29, 1.82) is 0 Å². The van der Waals surface area contributed by atoms with E-state index in [0.29, 0.717) is 23.3 Å². The Bertz CT molecular complexity index is 604. The highest BCUT2D eigenvalue weighted by atomic mass is 32.1. The number of rotatable bonds is 7. The van der Waals surface area contributed by atoms with E-state index in [4.69, 9.17) is 12.2 Å². The van der Waals surface area contributed by atoms with E-state index in [1.165, 1.54) is 12.5 Å². The van der Waals surface area contributed by atoms with Gasteiger partial charge in [-0.3, -0.25) is 4.79 Å². The molecule has 0 spiro atoms. The zero-order valence-corrected chi connectivity index (χ0v) is 16.6. The number of carbonyl (C=O) groups is 1. The maximum absolute atomic E-state index is 14.1. The molecule has 0 unspecified atom stereocenters. The molecule has 1 amide bonds. The van der Waals surface area contributed by atoms with Gasteiger partial charge in [0.05, 0.1) is 6.54 Å². The topological polar surface area (TPSA) is 44.4 Å². The molecule has 6 heteroatoms. The number of thiocarbonyl (C=S) groups is 1. The Morgan fingerprint density at radius 2 is 2.00 bits per heavy atom. The summed E-state index contributed by atoms with van der Waals surface area (Å²) in [5.74, 6) is -0.290. The highest BCUT2D eigenvalue weighted by molar-refractivity contribution is 7.80. The highest BCUT2D eigenvalue weighted by Gasteiger charge is 2.24. The number of halogens is 1. The number of nitrogens with one attached hydrogen (secondary N) is 2. The fourth-order valence-electron chi connectivity index (χ4n) is 3.25. The molecular formula is C20H30FN3OS. The van der Waals surface area contributed by atoms with E-state index in [9.17, 15) is 9.18 Å². The molecule has 0 aliphatic heterocycles. The monoisotopic (exact) mass is 379 g/mol. The van der Waals surface area contributed by atoms with Gasteiger partial charge in [0.25, 0.3) is 0 Å². The van der Waals surface area contributed by atoms with E-state index in [-0.39, 0.29) is 24.3 Å². The summed E-state index contributed by atoms with van der Waals surface area (Å²) in [4.78, 5) is 14.1. The van der Waals surface area contributed by atoms with Crippen molar-refractivity contribution < 1.29 is 9.18 Å². The highest BCUT2D eigenvalue weighted by Crippen LogP contribution is 2.24. The Balaban J connectivity index is 2.01. The largest absolute Gasteiger partial charge is 0.353 e. The van der Waals surface area contributed by atoms with Gasteiger partial charge in [-0.25, -0.2) is 4.39 Å². The molecule has 1 fully saturated rings. The van der Waals surface area contributed by atoms with Gasteiger partial charge in [0.2, 0.25) is 5.91 Å². The maximum atomic E-state index is 14.1. The summed E-state index contributed by atoms with van der Waals surface area (Å²) in [6, 6.07) is 7.24. The fourth-order valence-corrected chi connectivity index (χ4v) is 3.54. The summed E-state index contributed by atoms with van der Waals surface area (Å²) in [7, 11) is 0. The summed E-state index contributed by atoms with van der Waals surface area (Å²) < 4.78 is 14.1. The number of hydrogen-bond donors (Lipinski definition) is 2. The van der Waals surface area contributed by atoms with E-state index in [2.05, 4.69) is 15.5 Å². The predicted octanol–water partition coefficient (Wildman–Crippen LogP) is 3.75. The molecule has 4 nitrogen and oxygen atoms in total. The molecule has 1 atom stereocenters. The zero-order valence-electron chi connectivity index (χ0n) is 15.8. The Hall–Kier alpha value is -1.69. The van der Waals surface area contributed by atoms with E-state index in [0.717, 1.165) is 32.1 Å². The molecule has 1 aromatic carbocycles. The summed E-state index contributed by atoms with van der Waals surface area (Å²) in [5, 5.41) is 6.52. The van der Waals surface area contributed by atoms with E-state index >= 15 is 0 Å². The van der Waals surface area contributed by atoms with Gasteiger partial charge < -0.3 is 15.5 Å². The van der Waals surface area contributed by atoms with E-state index in [1.807, 2.05) is 19.9 Å². The standard InChI is InChI=1S/C20H30FN3OS/c1-3-15(2)23-19(25)13-22-20(26)24(17-10-5-4-6-11-17)14-16-9-7-8-12-18(16)21/h7-9,12,15,17H,3-6,10-11,13-14H2,1-2H3,(H,22,26)(H,23,25)/t15-/m1/s1. The Morgan fingerprint density at radius 3 is 2.65 bits per heavy atom. The molecule has 2 N–H and O–H groups in total. The van der Waals surface area contributed by atoms with Crippen LogP contribution in [0.4, 0.5) is 4.39 Å². The van der Waals surface area contributed by atoms with Crippen molar-refractivity contribution in [1.82, 2.24) is 15.5 Å². The van der Waals surface area contributed by atoms with Crippen LogP contribution in [0.5, 0.6) is 0 Å². The van der Waals surface area contributed by atoms with Gasteiger partial charge in [0.15, 0.2) is 5.11 Å². The van der Waals surface area contributed by atoms with Crippen molar-refractivity contribution in [3.05, 3.63) is 35.6 Å². The fraction of sp³-hybridized carbons (Fsp3) is 0.600. The predicted molar refractivity (Wildman–Crippen MR) is 107 cm³/mol. The van der Waals surface area contributed by atoms with Gasteiger partial charge in [-0.2, -0.15) is 0 Å². The average molecular weight is 380 g/mol. The first-order valence-electron chi connectivity index (χ1n) is 9.58. The lowest BCUT2D eigenvalue weighted by Gasteiger charge is -2.36. The molecule has 0 bridgehead atoms. The summed E-state index contributed by atoms with van der Waals surface area (Å²) in [6.07, 6.45) is 6.55. The minimum absolute atomic E-state index is 0.0730. The first-order valence-corrected chi connectivity index (χ1v) is 9.99. The average Bonchev–Trinajstić information content (AvgIpc) is 2.66. The molecule has 0 aromatic heterocycles. The van der Waals surface area contributed by atoms with Crippen LogP contribution in [0.3, 0.4) is 0 Å². The van der Waals surface area contributed by atoms with Crippen LogP contribution in [0, 0.1) is 5.82 Å². The number of carbonyl (C=O) groups excluding carboxylic acids is 1. The van der Waals surface area contributed by atoms with Crippen molar-refractivity contribution in [2.75, 3.05) is 6.54 Å². The lowest BCUT2D eigenvalue weighted by molar-refractivity contribution is -0.120. The van der Waals surface area contributed by atoms with Crippen LogP contribution >= 0.6 is 12.2 Å². The van der Waals surface area contributed by atoms with Gasteiger partial charge in [0.1, 0.15) is 5.82 Å². The van der Waals surface area contributed by atoms with Gasteiger partial charge in [0, 0.05) is 24.2 Å². The van der Waals surface area contributed by atoms with Crippen LogP contribution < -0.4 is 10.6 Å². The van der Waals surface area contributed by atoms with Gasteiger partial charge in [-0.05, 0) is 44.5 Å². The lowest BCUT2D eigenvalue weighted by atomic mass is 9.94. The minimum atomic E-state index is -0.217. The van der Waals surface area contributed by atoms with Gasteiger partial charge >= 0.3 is 0 Å². The Kier molecular flexibility index (Phi) is 8.29. The van der Waals surface area contributed by atoms with E-state index in [1.54, 1.807) is 12.1 Å². The van der Waals surface area contributed by atoms with Crippen molar-refractivity contribution in [2.45, 2.75) is 71.0 Å². The number of nitrogens with zero attached hydrogens (tertiary/aromatic N) is 1. The molecule has 1 aromatic rings. The smallest absolute Gasteiger partial charge is 0.239 e. The number of hydrogen-bond acceptors (Lipinski definition) is 2. The Labute approximate surface area is 161 Å². The van der Waals surface area contributed by atoms with Crippen molar-refractivity contribution >= 4 is 23.2 Å². The molecular weight excluding hydrogens is 349 g/mol. The van der Waals surface area contributed by atoms with Crippen LogP contribution in [0.25, 0.3) is 0 Å². The van der Waals surface area contributed by atoms with Crippen LogP contribution in [-0.4, -0.2) is 34.5 Å². The van der Waals surface area contributed by atoms with Gasteiger partial charge in [-0.15, -0.1) is 0 Å². The molecule has 1 saturated carbocycles. The van der Waals surface area contributed by atoms with Crippen molar-refractivity contribution in [3.8, 4) is 0 Å². The molecule has 0 saturated heterocycles. The first-order chi connectivity index (χ1) is 12.5. The van der Waals surface area contributed by atoms with Crippen molar-refractivity contribution in [3.63, 3.8) is 0 Å². The Morgan fingerprint density at radius 1 is 1.31 bits per heavy atom. The minimum Gasteiger partial charge on any atom is -0.353 e. The molecule has 0 radical (unpaired) electrons. The zero-order chi connectivity index (χ0) is 18.9. The second kappa shape index (κ2) is 10.5. The third-order valence-electron chi connectivity index (χ3n) is 4.99. The first kappa shape index (κ1) is 20.6. The lowest BCUT2D eigenvalue weighted by Crippen LogP contribution is -2.49. The molecule has 2 rings (SSSR count). The number of amides is 1. The third-order valence-corrected chi connectivity index (χ3v) is 5.37. The maximum Gasteiger partial charge on any atom is 0.239 e. The third kappa shape index (κ3) is 6.24. The summed E-state index contributed by atoms with van der Waals surface area (Å²) in [6.45, 7) is 4.57. The van der Waals surface area contributed by atoms with E-state index < -0.39 is 0 Å². The molecule has 0 heterocycles. The second-order valence-electron chi connectivity index (χ2n) is 7.05.